The van der Waals surface area contributed by atoms with Crippen molar-refractivity contribution in [3.63, 3.8) is 0 Å². The number of hydrogen-bond acceptors (Lipinski definition) is 5. The topological polar surface area (TPSA) is 79.4 Å². The lowest BCUT2D eigenvalue weighted by Crippen LogP contribution is -2.28. The van der Waals surface area contributed by atoms with Crippen LogP contribution >= 0.6 is 11.3 Å². The van der Waals surface area contributed by atoms with Crippen molar-refractivity contribution in [2.45, 2.75) is 32.7 Å². The minimum absolute atomic E-state index is 0.145. The average molecular weight is 393 g/mol. The van der Waals surface area contributed by atoms with Crippen LogP contribution in [0.25, 0.3) is 10.2 Å². The van der Waals surface area contributed by atoms with E-state index in [1.54, 1.807) is 24.3 Å². The lowest BCUT2D eigenvalue weighted by Gasteiger charge is -2.13. The van der Waals surface area contributed by atoms with E-state index in [2.05, 4.69) is 23.3 Å². The van der Waals surface area contributed by atoms with Gasteiger partial charge in [0, 0.05) is 18.4 Å². The Morgan fingerprint density at radius 3 is 2.43 bits per heavy atom. The maximum absolute atomic E-state index is 12.5. The molecule has 2 aromatic carbocycles. The van der Waals surface area contributed by atoms with E-state index < -0.39 is 0 Å². The Hall–Kier alpha value is -3.06. The molecule has 1 aliphatic heterocycles. The van der Waals surface area contributed by atoms with E-state index in [0.29, 0.717) is 10.7 Å². The van der Waals surface area contributed by atoms with Crippen molar-refractivity contribution in [3.05, 3.63) is 59.2 Å². The monoisotopic (exact) mass is 393 g/mol. The van der Waals surface area contributed by atoms with Crippen molar-refractivity contribution in [2.75, 3.05) is 5.32 Å². The molecule has 0 aliphatic carbocycles. The molecule has 0 spiro atoms. The van der Waals surface area contributed by atoms with E-state index in [4.69, 9.17) is 0 Å². The summed E-state index contributed by atoms with van der Waals surface area (Å²) >= 11 is 1.45. The number of fused-ring (bicyclic) bond motifs is 1. The van der Waals surface area contributed by atoms with Crippen molar-refractivity contribution in [1.82, 2.24) is 9.88 Å². The summed E-state index contributed by atoms with van der Waals surface area (Å²) in [6.45, 7) is 2.35. The Morgan fingerprint density at radius 2 is 1.75 bits per heavy atom. The van der Waals surface area contributed by atoms with Gasteiger partial charge in [-0.2, -0.15) is 0 Å². The second-order valence-corrected chi connectivity index (χ2v) is 7.73. The Balaban J connectivity index is 1.45. The summed E-state index contributed by atoms with van der Waals surface area (Å²) in [5.74, 6) is -0.530. The first-order valence-corrected chi connectivity index (χ1v) is 9.98. The summed E-state index contributed by atoms with van der Waals surface area (Å²) in [5.41, 5.74) is 3.41. The molecule has 3 aromatic rings. The quantitative estimate of drug-likeness (QED) is 0.670. The Labute approximate surface area is 166 Å². The molecule has 28 heavy (non-hydrogen) atoms. The van der Waals surface area contributed by atoms with E-state index in [0.717, 1.165) is 22.2 Å². The summed E-state index contributed by atoms with van der Waals surface area (Å²) in [4.78, 5) is 41.7. The van der Waals surface area contributed by atoms with Gasteiger partial charge in [-0.15, -0.1) is 0 Å². The van der Waals surface area contributed by atoms with Crippen molar-refractivity contribution < 1.29 is 14.4 Å². The molecule has 0 unspecified atom stereocenters. The maximum Gasteiger partial charge on any atom is 0.257 e. The van der Waals surface area contributed by atoms with Gasteiger partial charge in [0.05, 0.1) is 16.8 Å². The van der Waals surface area contributed by atoms with Gasteiger partial charge in [-0.25, -0.2) is 4.98 Å². The SMILES string of the molecule is CCc1ccc2nc(NC(=O)c3ccc(CN4C(=O)CCC4=O)cc3)sc2c1. The number of benzene rings is 2. The third kappa shape index (κ3) is 3.66. The molecular formula is C21H19N3O3S. The van der Waals surface area contributed by atoms with Crippen LogP contribution < -0.4 is 5.32 Å². The first kappa shape index (κ1) is 18.3. The Bertz CT molecular complexity index is 1060. The number of likely N-dealkylation sites (tertiary alicyclic amines) is 1. The molecule has 0 saturated carbocycles. The van der Waals surface area contributed by atoms with Gasteiger partial charge in [0.1, 0.15) is 0 Å². The van der Waals surface area contributed by atoms with Gasteiger partial charge in [-0.3, -0.25) is 24.6 Å². The molecule has 1 N–H and O–H groups in total. The molecule has 6 nitrogen and oxygen atoms in total. The van der Waals surface area contributed by atoms with Gasteiger partial charge in [0.2, 0.25) is 11.8 Å². The summed E-state index contributed by atoms with van der Waals surface area (Å²) in [5, 5.41) is 3.40. The zero-order valence-corrected chi connectivity index (χ0v) is 16.2. The van der Waals surface area contributed by atoms with Crippen LogP contribution in [0, 0.1) is 0 Å². The summed E-state index contributed by atoms with van der Waals surface area (Å²) in [6.07, 6.45) is 1.51. The van der Waals surface area contributed by atoms with E-state index in [9.17, 15) is 14.4 Å². The standard InChI is InChI=1S/C21H19N3O3S/c1-2-13-5-8-16-17(11-13)28-21(22-16)23-20(27)15-6-3-14(4-7-15)12-24-18(25)9-10-19(24)26/h3-8,11H,2,9-10,12H2,1H3,(H,22,23,27). The van der Waals surface area contributed by atoms with Gasteiger partial charge in [0.25, 0.3) is 5.91 Å². The number of carbonyl (C=O) groups is 3. The molecular weight excluding hydrogens is 374 g/mol. The molecule has 0 radical (unpaired) electrons. The zero-order chi connectivity index (χ0) is 19.7. The molecule has 1 saturated heterocycles. The van der Waals surface area contributed by atoms with E-state index in [-0.39, 0.29) is 37.1 Å². The summed E-state index contributed by atoms with van der Waals surface area (Å²) in [7, 11) is 0. The van der Waals surface area contributed by atoms with E-state index in [1.165, 1.54) is 21.8 Å². The molecule has 0 atom stereocenters. The maximum atomic E-state index is 12.5. The van der Waals surface area contributed by atoms with Crippen LogP contribution in [0.15, 0.2) is 42.5 Å². The van der Waals surface area contributed by atoms with Crippen LogP contribution in [0.5, 0.6) is 0 Å². The number of hydrogen-bond donors (Lipinski definition) is 1. The second kappa shape index (κ2) is 7.52. The smallest absolute Gasteiger partial charge is 0.257 e. The number of amides is 3. The van der Waals surface area contributed by atoms with Crippen LogP contribution in [-0.4, -0.2) is 27.6 Å². The van der Waals surface area contributed by atoms with Gasteiger partial charge in [-0.1, -0.05) is 36.5 Å². The predicted octanol–water partition coefficient (Wildman–Crippen LogP) is 3.76. The van der Waals surface area contributed by atoms with Crippen molar-refractivity contribution >= 4 is 44.4 Å². The molecule has 1 aliphatic rings. The van der Waals surface area contributed by atoms with Crippen molar-refractivity contribution in [3.8, 4) is 0 Å². The van der Waals surface area contributed by atoms with Crippen molar-refractivity contribution in [2.24, 2.45) is 0 Å². The normalized spacial score (nSPS) is 14.1. The van der Waals surface area contributed by atoms with E-state index >= 15 is 0 Å². The fourth-order valence-corrected chi connectivity index (χ4v) is 4.08. The van der Waals surface area contributed by atoms with Crippen LogP contribution in [0.3, 0.4) is 0 Å². The number of aryl methyl sites for hydroxylation is 1. The first-order valence-electron chi connectivity index (χ1n) is 9.16. The average Bonchev–Trinajstić information content (AvgIpc) is 3.25. The highest BCUT2D eigenvalue weighted by Gasteiger charge is 2.28. The molecule has 0 bridgehead atoms. The minimum atomic E-state index is -0.241. The third-order valence-corrected chi connectivity index (χ3v) is 5.73. The summed E-state index contributed by atoms with van der Waals surface area (Å²) in [6, 6.07) is 13.0. The molecule has 3 amide bonds. The number of thiazole rings is 1. The number of anilines is 1. The highest BCUT2D eigenvalue weighted by Crippen LogP contribution is 2.27. The fourth-order valence-electron chi connectivity index (χ4n) is 3.16. The zero-order valence-electron chi connectivity index (χ0n) is 15.4. The molecule has 1 aromatic heterocycles. The predicted molar refractivity (Wildman–Crippen MR) is 108 cm³/mol. The third-order valence-electron chi connectivity index (χ3n) is 4.79. The number of rotatable bonds is 5. The molecule has 7 heteroatoms. The number of aromatic nitrogens is 1. The Kier molecular flexibility index (Phi) is 4.92. The van der Waals surface area contributed by atoms with Gasteiger partial charge >= 0.3 is 0 Å². The van der Waals surface area contributed by atoms with E-state index in [1.807, 2.05) is 12.1 Å². The summed E-state index contributed by atoms with van der Waals surface area (Å²) < 4.78 is 1.05. The fraction of sp³-hybridized carbons (Fsp3) is 0.238. The lowest BCUT2D eigenvalue weighted by molar-refractivity contribution is -0.139. The lowest BCUT2D eigenvalue weighted by atomic mass is 10.1. The number of nitrogens with zero attached hydrogens (tertiary/aromatic N) is 2. The highest BCUT2D eigenvalue weighted by atomic mass is 32.1. The molecule has 2 heterocycles. The number of carbonyl (C=O) groups excluding carboxylic acids is 3. The molecule has 142 valence electrons. The largest absolute Gasteiger partial charge is 0.298 e. The van der Waals surface area contributed by atoms with Crippen LogP contribution in [0.1, 0.15) is 41.3 Å². The van der Waals surface area contributed by atoms with Gasteiger partial charge in [0.15, 0.2) is 5.13 Å². The van der Waals surface area contributed by atoms with Crippen LogP contribution in [-0.2, 0) is 22.6 Å². The van der Waals surface area contributed by atoms with Crippen molar-refractivity contribution in [1.29, 1.82) is 0 Å². The van der Waals surface area contributed by atoms with Crippen LogP contribution in [0.2, 0.25) is 0 Å². The first-order chi connectivity index (χ1) is 13.5. The molecule has 1 fully saturated rings. The highest BCUT2D eigenvalue weighted by molar-refractivity contribution is 7.22. The second-order valence-electron chi connectivity index (χ2n) is 6.70. The molecule has 4 rings (SSSR count). The number of nitrogens with one attached hydrogen (secondary N) is 1. The van der Waals surface area contributed by atoms with Crippen LogP contribution in [0.4, 0.5) is 5.13 Å². The van der Waals surface area contributed by atoms with Gasteiger partial charge in [-0.05, 0) is 41.8 Å². The minimum Gasteiger partial charge on any atom is -0.298 e. The Morgan fingerprint density at radius 1 is 1.07 bits per heavy atom. The number of imide groups is 1. The van der Waals surface area contributed by atoms with Gasteiger partial charge < -0.3 is 0 Å².